The van der Waals surface area contributed by atoms with Gasteiger partial charge in [-0.05, 0) is 20.8 Å². The van der Waals surface area contributed by atoms with Gasteiger partial charge in [-0.2, -0.15) is 0 Å². The van der Waals surface area contributed by atoms with E-state index in [2.05, 4.69) is 0 Å². The molecule has 0 rings (SSSR count). The number of hydrogen-bond donors (Lipinski definition) is 1. The third kappa shape index (κ3) is 9.84. The predicted molar refractivity (Wildman–Crippen MR) is 72.0 cm³/mol. The lowest BCUT2D eigenvalue weighted by Gasteiger charge is -2.27. The van der Waals surface area contributed by atoms with Crippen LogP contribution in [0.4, 0.5) is 0 Å². The van der Waals surface area contributed by atoms with Crippen LogP contribution in [0.3, 0.4) is 0 Å². The maximum atomic E-state index is 11.4. The minimum atomic E-state index is -0.631. The molecule has 0 spiro atoms. The molecular weight excluding hydrogens is 250 g/mol. The number of rotatable bonds is 11. The van der Waals surface area contributed by atoms with Crippen molar-refractivity contribution in [1.29, 1.82) is 0 Å². The average Bonchev–Trinajstić information content (AvgIpc) is 2.34. The number of esters is 1. The van der Waals surface area contributed by atoms with Crippen molar-refractivity contribution in [2.45, 2.75) is 32.9 Å². The number of hydrogen-bond acceptors (Lipinski definition) is 6. The number of carbonyl (C=O) groups excluding carboxylic acids is 1. The van der Waals surface area contributed by atoms with Gasteiger partial charge in [0.05, 0.1) is 39.1 Å². The van der Waals surface area contributed by atoms with Crippen LogP contribution in [-0.2, 0) is 19.0 Å². The zero-order chi connectivity index (χ0) is 14.7. The number of methoxy groups -OCH3 is 1. The predicted octanol–water partition coefficient (Wildman–Crippen LogP) is 0.284. The number of nitrogens with zero attached hydrogens (tertiary/aromatic N) is 1. The molecule has 0 amide bonds. The van der Waals surface area contributed by atoms with E-state index in [1.165, 1.54) is 0 Å². The van der Waals surface area contributed by atoms with Crippen molar-refractivity contribution in [3.8, 4) is 0 Å². The average molecular weight is 277 g/mol. The summed E-state index contributed by atoms with van der Waals surface area (Å²) in [5.74, 6) is -0.274. The first-order chi connectivity index (χ1) is 9.01. The molecular formula is C13H27NO5. The SMILES string of the molecule is CCOC(=O)CN(CC(O)COCCOC)C(C)C. The molecule has 19 heavy (non-hydrogen) atoms. The normalized spacial score (nSPS) is 13.0. The van der Waals surface area contributed by atoms with Crippen LogP contribution in [0.25, 0.3) is 0 Å². The Balaban J connectivity index is 4.01. The second kappa shape index (κ2) is 11.2. The molecule has 6 nitrogen and oxygen atoms in total. The summed E-state index contributed by atoms with van der Waals surface area (Å²) < 4.78 is 15.0. The van der Waals surface area contributed by atoms with E-state index in [0.717, 1.165) is 0 Å². The van der Waals surface area contributed by atoms with Gasteiger partial charge < -0.3 is 19.3 Å². The third-order valence-electron chi connectivity index (χ3n) is 2.56. The van der Waals surface area contributed by atoms with Gasteiger partial charge >= 0.3 is 5.97 Å². The number of carbonyl (C=O) groups is 1. The van der Waals surface area contributed by atoms with E-state index in [-0.39, 0.29) is 25.2 Å². The van der Waals surface area contributed by atoms with Gasteiger partial charge in [-0.3, -0.25) is 9.69 Å². The van der Waals surface area contributed by atoms with Gasteiger partial charge in [-0.15, -0.1) is 0 Å². The van der Waals surface area contributed by atoms with E-state index >= 15 is 0 Å². The molecule has 0 radical (unpaired) electrons. The zero-order valence-electron chi connectivity index (χ0n) is 12.4. The standard InChI is InChI=1S/C13H27NO5/c1-5-19-13(16)9-14(11(2)3)8-12(15)10-18-7-6-17-4/h11-12,15H,5-10H2,1-4H3. The molecule has 0 aliphatic carbocycles. The van der Waals surface area contributed by atoms with Crippen LogP contribution >= 0.6 is 0 Å². The minimum absolute atomic E-state index is 0.151. The summed E-state index contributed by atoms with van der Waals surface area (Å²) >= 11 is 0. The fraction of sp³-hybridized carbons (Fsp3) is 0.923. The summed E-state index contributed by atoms with van der Waals surface area (Å²) in [5.41, 5.74) is 0. The molecule has 0 aliphatic rings. The van der Waals surface area contributed by atoms with Crippen LogP contribution in [0.1, 0.15) is 20.8 Å². The van der Waals surface area contributed by atoms with Crippen LogP contribution < -0.4 is 0 Å². The van der Waals surface area contributed by atoms with Crippen LogP contribution in [0.2, 0.25) is 0 Å². The van der Waals surface area contributed by atoms with E-state index in [9.17, 15) is 9.90 Å². The summed E-state index contributed by atoms with van der Waals surface area (Å²) in [5, 5.41) is 9.85. The van der Waals surface area contributed by atoms with Crippen molar-refractivity contribution in [3.05, 3.63) is 0 Å². The quantitative estimate of drug-likeness (QED) is 0.432. The van der Waals surface area contributed by atoms with Crippen molar-refractivity contribution in [3.63, 3.8) is 0 Å². The Hall–Kier alpha value is -0.690. The highest BCUT2D eigenvalue weighted by molar-refractivity contribution is 5.71. The van der Waals surface area contributed by atoms with Crippen LogP contribution in [-0.4, -0.2) is 74.7 Å². The molecule has 114 valence electrons. The molecule has 0 aromatic heterocycles. The second-order valence-corrected chi connectivity index (χ2v) is 4.55. The van der Waals surface area contributed by atoms with Crippen LogP contribution in [0.5, 0.6) is 0 Å². The van der Waals surface area contributed by atoms with Gasteiger partial charge in [0.25, 0.3) is 0 Å². The molecule has 0 aromatic carbocycles. The van der Waals surface area contributed by atoms with Crippen molar-refractivity contribution in [2.75, 3.05) is 46.6 Å². The molecule has 0 fully saturated rings. The fourth-order valence-electron chi connectivity index (χ4n) is 1.52. The highest BCUT2D eigenvalue weighted by Gasteiger charge is 2.18. The molecule has 1 atom stereocenters. The fourth-order valence-corrected chi connectivity index (χ4v) is 1.52. The van der Waals surface area contributed by atoms with Gasteiger partial charge in [0.1, 0.15) is 0 Å². The van der Waals surface area contributed by atoms with Crippen LogP contribution in [0, 0.1) is 0 Å². The van der Waals surface area contributed by atoms with Crippen molar-refractivity contribution >= 4 is 5.97 Å². The molecule has 6 heteroatoms. The lowest BCUT2D eigenvalue weighted by molar-refractivity contribution is -0.145. The molecule has 0 aromatic rings. The monoisotopic (exact) mass is 277 g/mol. The second-order valence-electron chi connectivity index (χ2n) is 4.55. The highest BCUT2D eigenvalue weighted by atomic mass is 16.5. The summed E-state index contributed by atoms with van der Waals surface area (Å²) in [6.45, 7) is 7.83. The molecule has 1 unspecified atom stereocenters. The van der Waals surface area contributed by atoms with E-state index < -0.39 is 6.10 Å². The van der Waals surface area contributed by atoms with Gasteiger partial charge in [0, 0.05) is 19.7 Å². The molecule has 0 heterocycles. The smallest absolute Gasteiger partial charge is 0.320 e. The Labute approximate surface area is 115 Å². The van der Waals surface area contributed by atoms with Gasteiger partial charge in [-0.1, -0.05) is 0 Å². The molecule has 0 saturated heterocycles. The van der Waals surface area contributed by atoms with Crippen molar-refractivity contribution < 1.29 is 24.1 Å². The Morgan fingerprint density at radius 1 is 1.32 bits per heavy atom. The lowest BCUT2D eigenvalue weighted by Crippen LogP contribution is -2.42. The van der Waals surface area contributed by atoms with E-state index in [0.29, 0.717) is 26.4 Å². The summed E-state index contributed by atoms with van der Waals surface area (Å²) in [7, 11) is 1.60. The van der Waals surface area contributed by atoms with Crippen molar-refractivity contribution in [1.82, 2.24) is 4.90 Å². The largest absolute Gasteiger partial charge is 0.465 e. The lowest BCUT2D eigenvalue weighted by atomic mass is 10.2. The number of ether oxygens (including phenoxy) is 3. The van der Waals surface area contributed by atoms with Gasteiger partial charge in [0.2, 0.25) is 0 Å². The number of aliphatic hydroxyl groups excluding tert-OH is 1. The Morgan fingerprint density at radius 2 is 2.00 bits per heavy atom. The highest BCUT2D eigenvalue weighted by Crippen LogP contribution is 2.01. The van der Waals surface area contributed by atoms with E-state index in [4.69, 9.17) is 14.2 Å². The van der Waals surface area contributed by atoms with Gasteiger partial charge in [0.15, 0.2) is 0 Å². The summed E-state index contributed by atoms with van der Waals surface area (Å²) in [4.78, 5) is 13.3. The Bertz CT molecular complexity index is 235. The molecule has 1 N–H and O–H groups in total. The Morgan fingerprint density at radius 3 is 2.53 bits per heavy atom. The van der Waals surface area contributed by atoms with Gasteiger partial charge in [-0.25, -0.2) is 0 Å². The molecule has 0 saturated carbocycles. The van der Waals surface area contributed by atoms with Crippen LogP contribution in [0.15, 0.2) is 0 Å². The maximum Gasteiger partial charge on any atom is 0.320 e. The van der Waals surface area contributed by atoms with E-state index in [1.54, 1.807) is 14.0 Å². The third-order valence-corrected chi connectivity index (χ3v) is 2.56. The summed E-state index contributed by atoms with van der Waals surface area (Å²) in [6.07, 6.45) is -0.631. The minimum Gasteiger partial charge on any atom is -0.465 e. The first-order valence-corrected chi connectivity index (χ1v) is 6.65. The molecule has 0 bridgehead atoms. The first-order valence-electron chi connectivity index (χ1n) is 6.65. The number of aliphatic hydroxyl groups is 1. The van der Waals surface area contributed by atoms with E-state index in [1.807, 2.05) is 18.7 Å². The molecule has 0 aliphatic heterocycles. The Kier molecular flexibility index (Phi) is 10.8. The van der Waals surface area contributed by atoms with Crippen molar-refractivity contribution in [2.24, 2.45) is 0 Å². The summed E-state index contributed by atoms with van der Waals surface area (Å²) in [6, 6.07) is 0.151. The topological polar surface area (TPSA) is 68.2 Å². The first kappa shape index (κ1) is 18.3. The maximum absolute atomic E-state index is 11.4. The zero-order valence-corrected chi connectivity index (χ0v) is 12.4.